The molecule has 17 heteroatoms. The van der Waals surface area contributed by atoms with Gasteiger partial charge in [-0.3, -0.25) is 4.79 Å². The van der Waals surface area contributed by atoms with Crippen LogP contribution in [0.2, 0.25) is 0 Å². The Kier molecular flexibility index (Phi) is 91.5. The number of Topliss-reactive ketones (excluding diaryl/α,β-unsaturated/α-hetero) is 2. The average Bonchev–Trinajstić information content (AvgIpc) is 0.923. The zero-order chi connectivity index (χ0) is 85.4. The van der Waals surface area contributed by atoms with E-state index < -0.39 is 0 Å². The first-order valence-electron chi connectivity index (χ1n) is 43.7. The minimum Gasteiger partial charge on any atom is -0.394 e. The molecule has 0 aromatic rings. The first kappa shape index (κ1) is 120. The number of ketones is 2. The third kappa shape index (κ3) is 110. The number of aliphatic hydroxyl groups excluding tert-OH is 3. The predicted molar refractivity (Wildman–Crippen MR) is 462 cm³/mol. The van der Waals surface area contributed by atoms with Gasteiger partial charge in [-0.1, -0.05) is 138 Å². The maximum atomic E-state index is 11.0. The number of carbonyl (C=O) groups is 2. The predicted octanol–water partition coefficient (Wildman–Crippen LogP) is 22.5. The van der Waals surface area contributed by atoms with Crippen LogP contribution in [-0.4, -0.2) is 193 Å². The highest BCUT2D eigenvalue weighted by Gasteiger charge is 2.24. The number of aliphatic hydroxyl groups is 3. The van der Waals surface area contributed by atoms with E-state index in [1.807, 2.05) is 27.7 Å². The normalized spacial score (nSPS) is 17.8. The van der Waals surface area contributed by atoms with Gasteiger partial charge in [-0.2, -0.15) is 0 Å². The second-order valence-electron chi connectivity index (χ2n) is 35.8. The van der Waals surface area contributed by atoms with Gasteiger partial charge in [0.05, 0.1) is 112 Å². The fourth-order valence-corrected chi connectivity index (χ4v) is 12.9. The van der Waals surface area contributed by atoms with Crippen LogP contribution >= 0.6 is 0 Å². The van der Waals surface area contributed by atoms with Gasteiger partial charge in [-0.15, -0.1) is 0 Å². The lowest BCUT2D eigenvalue weighted by molar-refractivity contribution is -0.124. The summed E-state index contributed by atoms with van der Waals surface area (Å²) in [5, 5.41) is 26.5. The number of hydrogen-bond donors (Lipinski definition) is 3. The lowest BCUT2D eigenvalue weighted by atomic mass is 9.95. The molecule has 0 aromatic carbocycles. The first-order valence-corrected chi connectivity index (χ1v) is 43.7. The number of hydrogen-bond acceptors (Lipinski definition) is 16. The monoisotopic (exact) mass is 1570 g/mol. The van der Waals surface area contributed by atoms with Crippen LogP contribution < -0.4 is 0 Å². The lowest BCUT2D eigenvalue weighted by Gasteiger charge is -2.28. The summed E-state index contributed by atoms with van der Waals surface area (Å²) < 4.78 is 60.1. The molecule has 3 N–H and O–H groups in total. The molecule has 17 nitrogen and oxygen atoms in total. The molecule has 0 bridgehead atoms. The minimum absolute atomic E-state index is 0.0738. The molecule has 3 aliphatic rings. The van der Waals surface area contributed by atoms with E-state index in [2.05, 4.69) is 192 Å². The Balaban J connectivity index is -0.000000214. The van der Waals surface area contributed by atoms with E-state index in [1.165, 1.54) is 0 Å². The number of ether oxygens (including phenoxy) is 11. The zero-order valence-corrected chi connectivity index (χ0v) is 78.4. The summed E-state index contributed by atoms with van der Waals surface area (Å²) in [5.41, 5.74) is 0. The van der Waals surface area contributed by atoms with Gasteiger partial charge in [0.25, 0.3) is 0 Å². The maximum Gasteiger partial charge on any atom is 0.237 e. The van der Waals surface area contributed by atoms with Crippen LogP contribution in [0.5, 0.6) is 0 Å². The Bertz CT molecular complexity index is 1850. The van der Waals surface area contributed by atoms with Gasteiger partial charge in [0.2, 0.25) is 6.54 Å². The van der Waals surface area contributed by atoms with Crippen LogP contribution in [0.25, 0.3) is 4.85 Å². The van der Waals surface area contributed by atoms with Gasteiger partial charge in [-0.05, 0) is 258 Å². The van der Waals surface area contributed by atoms with Crippen molar-refractivity contribution in [2.24, 2.45) is 59.2 Å². The number of rotatable bonds is 43. The van der Waals surface area contributed by atoms with Crippen molar-refractivity contribution >= 4 is 11.6 Å². The van der Waals surface area contributed by atoms with E-state index >= 15 is 0 Å². The van der Waals surface area contributed by atoms with Gasteiger partial charge < -0.3 is 77.1 Å². The van der Waals surface area contributed by atoms with Crippen LogP contribution in [0.1, 0.15) is 356 Å². The standard InChI is InChI=1S/C12H24O2.C12H22O2.C11H22O2.C10H22O2.C9H17NO.C9H20O2.C9H20O.C8H18O2.C6H14O.C6H12O/c2*1-9(2)8-10(3)14-12-6-4-11(13)5-7-12;1-9(2)8-10(3)13-11-4-6-12-7-5-11;1-9(2)8-10(3)12-7-5-6-11-4;2*1-8(2)7-9(3)11-6-5-10-4;1-7(2)6-9(5)10-8(3)4;1-7(2)6-8(3)10-5-4-9;2*1-5(2)4-6(3)7/h9-13H,4-8H2,1-3H3;9-10,12H,4-8H2,1-3H3;9-11H,4-8H2,1-3H3;9-10H,5-8H2,1-4H3;8-9H,5-7H2,1-3H3;8-9H,5-7H2,1-4H3;7-9H,6H2,1-5H3;7-9H,4-6H2,1-3H3;5-7H,4H2,1-3H3;5H,4H2,1-3H3. The molecule has 1 saturated heterocycles. The van der Waals surface area contributed by atoms with Crippen molar-refractivity contribution in [2.45, 2.75) is 442 Å². The Labute approximate surface area is 678 Å². The topological polar surface area (TPSA) is 201 Å². The van der Waals surface area contributed by atoms with E-state index in [1.54, 1.807) is 21.1 Å². The second-order valence-corrected chi connectivity index (χ2v) is 35.8. The molecule has 0 aromatic heterocycles. The van der Waals surface area contributed by atoms with Crippen molar-refractivity contribution in [3.05, 3.63) is 11.4 Å². The van der Waals surface area contributed by atoms with E-state index in [9.17, 15) is 14.7 Å². The molecule has 9 atom stereocenters. The van der Waals surface area contributed by atoms with Crippen molar-refractivity contribution in [1.82, 2.24) is 0 Å². The highest BCUT2D eigenvalue weighted by Crippen LogP contribution is 2.25. The zero-order valence-electron chi connectivity index (χ0n) is 78.4. The molecule has 9 unspecified atom stereocenters. The number of carbonyl (C=O) groups excluding carboxylic acids is 2. The van der Waals surface area contributed by atoms with E-state index in [4.69, 9.17) is 68.9 Å². The molecule has 3 fully saturated rings. The second kappa shape index (κ2) is 82.8. The Morgan fingerprint density at radius 1 is 0.413 bits per heavy atom. The molecule has 0 amide bonds. The van der Waals surface area contributed by atoms with E-state index in [0.717, 1.165) is 179 Å². The van der Waals surface area contributed by atoms with E-state index in [-0.39, 0.29) is 30.7 Å². The third-order valence-electron chi connectivity index (χ3n) is 16.7. The van der Waals surface area contributed by atoms with Crippen LogP contribution in [0.15, 0.2) is 0 Å². The Hall–Kier alpha value is -1.73. The SMILES string of the molecule is CC(=O)CC(C)C.CC(C)CC(C)O.CC(C)CC(C)OC(C)C.CC(C)CC(C)OC1CCC(=O)CC1.CC(C)CC(C)OC1CCC(O)CC1.CC(C)CC(C)OC1CCOCC1.CC(C)CC(C)OCCO.COCCCOC(C)CC(C)C.COCCOC(C)CC(C)C.[C-]#[N+]CCOC(C)CC(C)C. The fourth-order valence-electron chi connectivity index (χ4n) is 12.9. The highest BCUT2D eigenvalue weighted by atomic mass is 16.5. The molecule has 109 heavy (non-hydrogen) atoms. The van der Waals surface area contributed by atoms with Crippen molar-refractivity contribution in [2.75, 3.05) is 80.2 Å². The molecule has 0 spiro atoms. The quantitative estimate of drug-likeness (QED) is 0.0384. The molecular formula is C92H191NO16. The smallest absolute Gasteiger partial charge is 0.237 e. The molecule has 2 aliphatic carbocycles. The molecule has 0 radical (unpaired) electrons. The summed E-state index contributed by atoms with van der Waals surface area (Å²) in [6, 6.07) is 0. The minimum atomic E-state index is -0.125. The van der Waals surface area contributed by atoms with Crippen molar-refractivity contribution < 1.29 is 77.0 Å². The molecule has 3 rings (SSSR count). The molecule has 1 aliphatic heterocycles. The van der Waals surface area contributed by atoms with Gasteiger partial charge >= 0.3 is 0 Å². The molecular weight excluding hydrogens is 1380 g/mol. The van der Waals surface area contributed by atoms with Crippen LogP contribution in [0.3, 0.4) is 0 Å². The molecule has 660 valence electrons. The fraction of sp³-hybridized carbons (Fsp3) is 0.967. The summed E-state index contributed by atoms with van der Waals surface area (Å²) in [7, 11) is 3.41. The van der Waals surface area contributed by atoms with Gasteiger partial charge in [0.15, 0.2) is 0 Å². The summed E-state index contributed by atoms with van der Waals surface area (Å²) in [4.78, 5) is 24.5. The summed E-state index contributed by atoms with van der Waals surface area (Å²) in [5.74, 6) is 7.51. The van der Waals surface area contributed by atoms with Crippen LogP contribution in [0.4, 0.5) is 0 Å². The summed E-state index contributed by atoms with van der Waals surface area (Å²) in [6.45, 7) is 81.1. The van der Waals surface area contributed by atoms with E-state index in [0.29, 0.717) is 147 Å². The van der Waals surface area contributed by atoms with Gasteiger partial charge in [-0.25, -0.2) is 6.57 Å². The van der Waals surface area contributed by atoms with Crippen molar-refractivity contribution in [1.29, 1.82) is 0 Å². The Morgan fingerprint density at radius 3 is 1.03 bits per heavy atom. The third-order valence-corrected chi connectivity index (χ3v) is 16.7. The first-order chi connectivity index (χ1) is 50.8. The average molecular weight is 1570 g/mol. The molecule has 1 heterocycles. The van der Waals surface area contributed by atoms with Crippen molar-refractivity contribution in [3.63, 3.8) is 0 Å². The summed E-state index contributed by atoms with van der Waals surface area (Å²) >= 11 is 0. The number of methoxy groups -OCH3 is 2. The lowest BCUT2D eigenvalue weighted by Crippen LogP contribution is -2.28. The van der Waals surface area contributed by atoms with Crippen LogP contribution in [0, 0.1) is 65.8 Å². The Morgan fingerprint density at radius 2 is 0.734 bits per heavy atom. The molecule has 2 saturated carbocycles. The van der Waals surface area contributed by atoms with Crippen LogP contribution in [-0.2, 0) is 61.7 Å². The van der Waals surface area contributed by atoms with Crippen molar-refractivity contribution in [3.8, 4) is 0 Å². The maximum absolute atomic E-state index is 11.0. The van der Waals surface area contributed by atoms with Gasteiger partial charge in [0.1, 0.15) is 18.2 Å². The number of nitrogens with zero attached hydrogens (tertiary/aromatic N) is 1. The highest BCUT2D eigenvalue weighted by molar-refractivity contribution is 5.79. The van der Waals surface area contributed by atoms with Gasteiger partial charge in [0, 0.05) is 59.9 Å². The largest absolute Gasteiger partial charge is 0.394 e. The summed E-state index contributed by atoms with van der Waals surface area (Å²) in [6.07, 6.45) is 25.2.